The van der Waals surface area contributed by atoms with Crippen LogP contribution in [0.3, 0.4) is 0 Å². The number of pyridine rings is 1. The molecule has 0 saturated carbocycles. The normalized spacial score (nSPS) is 14.3. The molecule has 1 fully saturated rings. The van der Waals surface area contributed by atoms with Crippen molar-refractivity contribution < 1.29 is 31.9 Å². The molecule has 1 aliphatic heterocycles. The Labute approximate surface area is 251 Å². The molecule has 0 spiro atoms. The topological polar surface area (TPSA) is 174 Å². The van der Waals surface area contributed by atoms with Gasteiger partial charge in [0, 0.05) is 79.6 Å². The van der Waals surface area contributed by atoms with Gasteiger partial charge in [-0.1, -0.05) is 6.92 Å². The fraction of sp³-hybridized carbons (Fsp3) is 0.321. The van der Waals surface area contributed by atoms with Crippen LogP contribution in [0, 0.1) is 11.6 Å². The first kappa shape index (κ1) is 30.9. The Kier molecular flexibility index (Phi) is 8.85. The van der Waals surface area contributed by atoms with Crippen molar-refractivity contribution >= 4 is 44.6 Å². The Morgan fingerprint density at radius 3 is 2.45 bits per heavy atom. The number of aromatic nitrogens is 4. The summed E-state index contributed by atoms with van der Waals surface area (Å²) in [5.41, 5.74) is -0.0862. The number of benzene rings is 1. The van der Waals surface area contributed by atoms with Crippen LogP contribution in [-0.4, -0.2) is 88.8 Å². The third-order valence-electron chi connectivity index (χ3n) is 7.48. The first-order chi connectivity index (χ1) is 21.0. The average molecular weight is 629 g/mol. The van der Waals surface area contributed by atoms with E-state index in [4.69, 9.17) is 5.11 Å². The van der Waals surface area contributed by atoms with Gasteiger partial charge in [0.05, 0.1) is 17.8 Å². The van der Waals surface area contributed by atoms with E-state index < -0.39 is 44.8 Å². The number of rotatable bonds is 11. The monoisotopic (exact) mass is 628 g/mol. The van der Waals surface area contributed by atoms with E-state index in [1.165, 1.54) is 13.2 Å². The third kappa shape index (κ3) is 6.36. The van der Waals surface area contributed by atoms with Crippen LogP contribution in [0.5, 0.6) is 0 Å². The number of H-pyrrole nitrogens is 1. The summed E-state index contributed by atoms with van der Waals surface area (Å²) in [5.74, 6) is -3.87. The van der Waals surface area contributed by atoms with Gasteiger partial charge in [0.1, 0.15) is 11.5 Å². The summed E-state index contributed by atoms with van der Waals surface area (Å²) in [5, 5.41) is 12.2. The van der Waals surface area contributed by atoms with Gasteiger partial charge in [-0.3, -0.25) is 14.3 Å². The largest absolute Gasteiger partial charge is 0.480 e. The maximum atomic E-state index is 15.4. The molecule has 4 aromatic rings. The number of halogens is 2. The molecule has 0 unspecified atom stereocenters. The number of aliphatic carboxylic acids is 1. The second kappa shape index (κ2) is 12.6. The van der Waals surface area contributed by atoms with Crippen LogP contribution >= 0.6 is 0 Å². The first-order valence-electron chi connectivity index (χ1n) is 13.7. The molecule has 4 heterocycles. The van der Waals surface area contributed by atoms with Gasteiger partial charge in [-0.05, 0) is 31.0 Å². The number of ketones is 1. The van der Waals surface area contributed by atoms with Crippen molar-refractivity contribution in [3.05, 3.63) is 65.7 Å². The van der Waals surface area contributed by atoms with Gasteiger partial charge in [-0.15, -0.1) is 0 Å². The lowest BCUT2D eigenvalue weighted by molar-refractivity contribution is -0.136. The predicted octanol–water partition coefficient (Wildman–Crippen LogP) is 2.78. The molecule has 44 heavy (non-hydrogen) atoms. The van der Waals surface area contributed by atoms with E-state index in [9.17, 15) is 22.4 Å². The lowest BCUT2D eigenvalue weighted by Gasteiger charge is -2.32. The molecule has 0 atom stereocenters. The fourth-order valence-corrected chi connectivity index (χ4v) is 5.79. The van der Waals surface area contributed by atoms with Crippen molar-refractivity contribution in [2.45, 2.75) is 25.8 Å². The lowest BCUT2D eigenvalue weighted by Crippen LogP contribution is -2.44. The zero-order chi connectivity index (χ0) is 31.6. The second-order valence-corrected chi connectivity index (χ2v) is 12.0. The molecule has 3 aromatic heterocycles. The summed E-state index contributed by atoms with van der Waals surface area (Å²) in [6, 6.07) is 3.48. The van der Waals surface area contributed by atoms with Crippen molar-refractivity contribution in [2.24, 2.45) is 0 Å². The smallest absolute Gasteiger partial charge is 0.317 e. The summed E-state index contributed by atoms with van der Waals surface area (Å²) in [4.78, 5) is 42.4. The molecule has 1 saturated heterocycles. The SMILES string of the molecule is CCN(C)S(=O)(=O)Nc1ccc(F)c(C(=O)c2c[nH]c3ncc(-c4cnc(N5CCC(NCC(=O)O)CC5)nc4)cc23)c1F. The number of hydrogen-bond acceptors (Lipinski definition) is 9. The van der Waals surface area contributed by atoms with Crippen LogP contribution in [0.2, 0.25) is 0 Å². The van der Waals surface area contributed by atoms with E-state index in [0.717, 1.165) is 29.3 Å². The minimum absolute atomic E-state index is 0.0604. The number of hydrogen-bond donors (Lipinski definition) is 4. The number of carboxylic acid groups (broad SMARTS) is 1. The fourth-order valence-electron chi connectivity index (χ4n) is 4.86. The average Bonchev–Trinajstić information content (AvgIpc) is 3.45. The highest BCUT2D eigenvalue weighted by molar-refractivity contribution is 7.90. The Hall–Kier alpha value is -4.54. The molecule has 0 bridgehead atoms. The Balaban J connectivity index is 1.37. The lowest BCUT2D eigenvalue weighted by atomic mass is 10.0. The van der Waals surface area contributed by atoms with Crippen LogP contribution in [-0.2, 0) is 15.0 Å². The predicted molar refractivity (Wildman–Crippen MR) is 159 cm³/mol. The zero-order valence-electron chi connectivity index (χ0n) is 23.8. The van der Waals surface area contributed by atoms with Gasteiger partial charge in [0.25, 0.3) is 0 Å². The number of carboxylic acids is 1. The van der Waals surface area contributed by atoms with Crippen molar-refractivity contribution in [3.8, 4) is 11.1 Å². The van der Waals surface area contributed by atoms with Gasteiger partial charge in [0.2, 0.25) is 11.7 Å². The zero-order valence-corrected chi connectivity index (χ0v) is 24.7. The van der Waals surface area contributed by atoms with Gasteiger partial charge < -0.3 is 20.3 Å². The van der Waals surface area contributed by atoms with E-state index in [1.54, 1.807) is 31.6 Å². The minimum Gasteiger partial charge on any atom is -0.480 e. The van der Waals surface area contributed by atoms with Crippen molar-refractivity contribution in [1.29, 1.82) is 0 Å². The highest BCUT2D eigenvalue weighted by Crippen LogP contribution is 2.30. The number of piperidine rings is 1. The minimum atomic E-state index is -4.13. The maximum absolute atomic E-state index is 15.4. The highest BCUT2D eigenvalue weighted by atomic mass is 32.2. The second-order valence-electron chi connectivity index (χ2n) is 10.3. The number of nitrogens with one attached hydrogen (secondary N) is 3. The number of carbonyl (C=O) groups is 2. The molecule has 4 N–H and O–H groups in total. The number of aromatic amines is 1. The number of carbonyl (C=O) groups excluding carboxylic acids is 1. The van der Waals surface area contributed by atoms with E-state index >= 15 is 4.39 Å². The van der Waals surface area contributed by atoms with Crippen LogP contribution in [0.25, 0.3) is 22.2 Å². The van der Waals surface area contributed by atoms with Crippen molar-refractivity contribution in [3.63, 3.8) is 0 Å². The molecular weight excluding hydrogens is 598 g/mol. The molecule has 5 rings (SSSR count). The van der Waals surface area contributed by atoms with Crippen LogP contribution in [0.15, 0.2) is 43.0 Å². The van der Waals surface area contributed by atoms with Gasteiger partial charge in [-0.25, -0.2) is 23.7 Å². The van der Waals surface area contributed by atoms with E-state index in [2.05, 4.69) is 30.0 Å². The summed E-state index contributed by atoms with van der Waals surface area (Å²) in [7, 11) is -2.84. The molecule has 13 nitrogen and oxygen atoms in total. The van der Waals surface area contributed by atoms with Gasteiger partial charge in [-0.2, -0.15) is 12.7 Å². The third-order valence-corrected chi connectivity index (χ3v) is 9.04. The Bertz CT molecular complexity index is 1810. The molecule has 0 radical (unpaired) electrons. The first-order valence-corrected chi connectivity index (χ1v) is 15.2. The van der Waals surface area contributed by atoms with Crippen LogP contribution in [0.4, 0.5) is 20.4 Å². The molecule has 232 valence electrons. The molecule has 0 amide bonds. The maximum Gasteiger partial charge on any atom is 0.317 e. The quantitative estimate of drug-likeness (QED) is 0.181. The van der Waals surface area contributed by atoms with Crippen molar-refractivity contribution in [1.82, 2.24) is 29.6 Å². The molecule has 1 aromatic carbocycles. The van der Waals surface area contributed by atoms with Crippen molar-refractivity contribution in [2.75, 3.05) is 42.8 Å². The van der Waals surface area contributed by atoms with Crippen LogP contribution in [0.1, 0.15) is 35.7 Å². The Morgan fingerprint density at radius 1 is 1.11 bits per heavy atom. The molecular formula is C28H30F2N8O5S. The number of anilines is 2. The molecule has 0 aliphatic carbocycles. The van der Waals surface area contributed by atoms with E-state index in [-0.39, 0.29) is 24.7 Å². The van der Waals surface area contributed by atoms with E-state index in [0.29, 0.717) is 41.2 Å². The van der Waals surface area contributed by atoms with Crippen LogP contribution < -0.4 is 14.9 Å². The summed E-state index contributed by atoms with van der Waals surface area (Å²) < 4.78 is 58.1. The highest BCUT2D eigenvalue weighted by Gasteiger charge is 2.27. The number of nitrogens with zero attached hydrogens (tertiary/aromatic N) is 5. The summed E-state index contributed by atoms with van der Waals surface area (Å²) >= 11 is 0. The van der Waals surface area contributed by atoms with Gasteiger partial charge in [0.15, 0.2) is 5.82 Å². The Morgan fingerprint density at radius 2 is 1.80 bits per heavy atom. The standard InChI is InChI=1S/C28H30F2N8O5S/c1-3-37(2)44(42,43)36-22-5-4-21(29)24(25(22)30)26(41)20-14-33-27-19(20)10-16(11-32-27)17-12-34-28(35-13-17)38-8-6-18(7-9-38)31-15-23(39)40/h4-5,10-14,18,31,36H,3,6-9,15H2,1-2H3,(H,32,33)(H,39,40). The van der Waals surface area contributed by atoms with E-state index in [1.807, 2.05) is 4.90 Å². The summed E-state index contributed by atoms with van der Waals surface area (Å²) in [6.45, 7) is 2.92. The molecule has 16 heteroatoms. The molecule has 1 aliphatic rings. The number of fused-ring (bicyclic) bond motifs is 1. The summed E-state index contributed by atoms with van der Waals surface area (Å²) in [6.07, 6.45) is 7.54. The van der Waals surface area contributed by atoms with Gasteiger partial charge >= 0.3 is 16.2 Å².